The third-order valence-electron chi connectivity index (χ3n) is 4.49. The maximum atomic E-state index is 12.1. The molecule has 7 heteroatoms. The fourth-order valence-electron chi connectivity index (χ4n) is 2.64. The van der Waals surface area contributed by atoms with Crippen LogP contribution in [0.3, 0.4) is 0 Å². The van der Waals surface area contributed by atoms with E-state index < -0.39 is 9.84 Å². The first kappa shape index (κ1) is 21.7. The van der Waals surface area contributed by atoms with E-state index in [-0.39, 0.29) is 41.8 Å². The molecular formula is C15H31ClN2O3S. The average molecular weight is 355 g/mol. The van der Waals surface area contributed by atoms with Gasteiger partial charge in [0.05, 0.1) is 11.0 Å². The molecule has 0 bridgehead atoms. The Kier molecular flexibility index (Phi) is 9.58. The molecule has 1 atom stereocenters. The minimum atomic E-state index is -3.11. The Hall–Kier alpha value is -0.330. The van der Waals surface area contributed by atoms with Gasteiger partial charge in [0.25, 0.3) is 0 Å². The van der Waals surface area contributed by atoms with Crippen LogP contribution >= 0.6 is 12.4 Å². The number of hydrogen-bond donors (Lipinski definition) is 1. The number of hydrogen-bond acceptors (Lipinski definition) is 4. The summed E-state index contributed by atoms with van der Waals surface area (Å²) in [6.07, 6.45) is 4.34. The van der Waals surface area contributed by atoms with Crippen molar-refractivity contribution in [2.24, 2.45) is 11.7 Å². The van der Waals surface area contributed by atoms with E-state index in [1.807, 2.05) is 0 Å². The van der Waals surface area contributed by atoms with Gasteiger partial charge in [-0.3, -0.25) is 4.79 Å². The van der Waals surface area contributed by atoms with E-state index in [9.17, 15) is 13.2 Å². The van der Waals surface area contributed by atoms with Gasteiger partial charge in [0.1, 0.15) is 0 Å². The van der Waals surface area contributed by atoms with Crippen molar-refractivity contribution in [1.82, 2.24) is 4.90 Å². The first-order chi connectivity index (χ1) is 9.74. The van der Waals surface area contributed by atoms with Crippen molar-refractivity contribution >= 4 is 28.2 Å². The molecule has 1 rings (SSSR count). The number of nitrogens with two attached hydrogens (primary N) is 1. The van der Waals surface area contributed by atoms with Crippen molar-refractivity contribution in [3.05, 3.63) is 0 Å². The largest absolute Gasteiger partial charge is 0.346 e. The molecule has 0 spiro atoms. The monoisotopic (exact) mass is 354 g/mol. The van der Waals surface area contributed by atoms with Crippen molar-refractivity contribution in [3.8, 4) is 0 Å². The van der Waals surface area contributed by atoms with E-state index >= 15 is 0 Å². The van der Waals surface area contributed by atoms with E-state index in [2.05, 4.69) is 13.8 Å². The highest BCUT2D eigenvalue weighted by molar-refractivity contribution is 7.92. The van der Waals surface area contributed by atoms with Crippen LogP contribution in [0.2, 0.25) is 0 Å². The molecule has 1 aliphatic rings. The van der Waals surface area contributed by atoms with Crippen LogP contribution in [-0.4, -0.2) is 49.9 Å². The topological polar surface area (TPSA) is 80.5 Å². The fraction of sp³-hybridized carbons (Fsp3) is 0.933. The van der Waals surface area contributed by atoms with E-state index in [1.165, 1.54) is 0 Å². The zero-order valence-electron chi connectivity index (χ0n) is 14.0. The molecule has 132 valence electrons. The maximum Gasteiger partial charge on any atom is 0.223 e. The number of carbonyl (C=O) groups excluding carboxylic acids is 1. The molecule has 0 aromatic carbocycles. The van der Waals surface area contributed by atoms with Gasteiger partial charge in [0.15, 0.2) is 9.84 Å². The minimum absolute atomic E-state index is 0. The predicted molar refractivity (Wildman–Crippen MR) is 93.0 cm³/mol. The second-order valence-electron chi connectivity index (χ2n) is 6.54. The molecule has 0 saturated heterocycles. The van der Waals surface area contributed by atoms with Gasteiger partial charge in [-0.1, -0.05) is 26.7 Å². The molecule has 0 aliphatic heterocycles. The lowest BCUT2D eigenvalue weighted by molar-refractivity contribution is -0.129. The minimum Gasteiger partial charge on any atom is -0.346 e. The Balaban J connectivity index is 0.00000441. The molecule has 22 heavy (non-hydrogen) atoms. The van der Waals surface area contributed by atoms with E-state index in [4.69, 9.17) is 5.73 Å². The summed E-state index contributed by atoms with van der Waals surface area (Å²) in [5, 5.41) is -0.218. The number of nitrogens with zero attached hydrogens (tertiary/aromatic N) is 1. The van der Waals surface area contributed by atoms with Gasteiger partial charge in [0, 0.05) is 26.1 Å². The quantitative estimate of drug-likeness (QED) is 0.722. The van der Waals surface area contributed by atoms with Gasteiger partial charge in [-0.05, 0) is 25.2 Å². The molecule has 5 nitrogen and oxygen atoms in total. The zero-order chi connectivity index (χ0) is 16.0. The third kappa shape index (κ3) is 6.84. The van der Waals surface area contributed by atoms with E-state index in [1.54, 1.807) is 11.9 Å². The van der Waals surface area contributed by atoms with Crippen molar-refractivity contribution in [1.29, 1.82) is 0 Å². The molecule has 1 aliphatic carbocycles. The standard InChI is InChI=1S/C15H30N2O3S.ClH/c1-12(2)14(16)8-10-17(3)15(18)9-11-21(19,20)13-6-4-5-7-13;/h12-14H,4-11,16H2,1-3H3;1H. The molecule has 0 aromatic heterocycles. The van der Waals surface area contributed by atoms with Gasteiger partial charge in [-0.25, -0.2) is 8.42 Å². The highest BCUT2D eigenvalue weighted by atomic mass is 35.5. The van der Waals surface area contributed by atoms with Crippen LogP contribution in [0.25, 0.3) is 0 Å². The molecule has 1 fully saturated rings. The number of carbonyl (C=O) groups is 1. The lowest BCUT2D eigenvalue weighted by atomic mass is 10.0. The SMILES string of the molecule is CC(C)C(N)CCN(C)C(=O)CCS(=O)(=O)C1CCCC1.Cl. The van der Waals surface area contributed by atoms with E-state index in [0.29, 0.717) is 12.5 Å². The summed E-state index contributed by atoms with van der Waals surface area (Å²) in [5.41, 5.74) is 5.96. The lowest BCUT2D eigenvalue weighted by Crippen LogP contribution is -2.35. The normalized spacial score (nSPS) is 17.3. The van der Waals surface area contributed by atoms with Crippen LogP contribution < -0.4 is 5.73 Å². The average Bonchev–Trinajstić information content (AvgIpc) is 2.96. The molecular weight excluding hydrogens is 324 g/mol. The fourth-order valence-corrected chi connectivity index (χ4v) is 4.48. The second-order valence-corrected chi connectivity index (χ2v) is 8.94. The molecule has 1 amide bonds. The molecule has 0 heterocycles. The summed E-state index contributed by atoms with van der Waals surface area (Å²) in [5.74, 6) is 0.264. The number of sulfone groups is 1. The Morgan fingerprint density at radius 3 is 2.32 bits per heavy atom. The predicted octanol–water partition coefficient (Wildman–Crippen LogP) is 1.99. The zero-order valence-corrected chi connectivity index (χ0v) is 15.6. The maximum absolute atomic E-state index is 12.1. The van der Waals surface area contributed by atoms with Gasteiger partial charge in [0.2, 0.25) is 5.91 Å². The molecule has 0 aromatic rings. The Morgan fingerprint density at radius 2 is 1.82 bits per heavy atom. The Bertz CT molecular complexity index is 434. The highest BCUT2D eigenvalue weighted by Gasteiger charge is 2.29. The first-order valence-corrected chi connectivity index (χ1v) is 9.66. The van der Waals surface area contributed by atoms with Gasteiger partial charge < -0.3 is 10.6 Å². The molecule has 1 unspecified atom stereocenters. The molecule has 2 N–H and O–H groups in total. The number of amides is 1. The van der Waals surface area contributed by atoms with Crippen molar-refractivity contribution in [2.75, 3.05) is 19.3 Å². The van der Waals surface area contributed by atoms with Crippen LogP contribution in [0.4, 0.5) is 0 Å². The summed E-state index contributed by atoms with van der Waals surface area (Å²) in [6.45, 7) is 4.70. The summed E-state index contributed by atoms with van der Waals surface area (Å²) in [7, 11) is -1.39. The highest BCUT2D eigenvalue weighted by Crippen LogP contribution is 2.25. The Labute approximate surface area is 141 Å². The van der Waals surface area contributed by atoms with Gasteiger partial charge in [-0.2, -0.15) is 0 Å². The van der Waals surface area contributed by atoms with Crippen LogP contribution in [0, 0.1) is 5.92 Å². The van der Waals surface area contributed by atoms with Crippen LogP contribution in [-0.2, 0) is 14.6 Å². The van der Waals surface area contributed by atoms with Gasteiger partial charge >= 0.3 is 0 Å². The Morgan fingerprint density at radius 1 is 1.27 bits per heavy atom. The van der Waals surface area contributed by atoms with Crippen LogP contribution in [0.5, 0.6) is 0 Å². The van der Waals surface area contributed by atoms with Crippen LogP contribution in [0.15, 0.2) is 0 Å². The molecule has 1 saturated carbocycles. The summed E-state index contributed by atoms with van der Waals surface area (Å²) in [6, 6.07) is 0.0717. The van der Waals surface area contributed by atoms with Crippen LogP contribution in [0.1, 0.15) is 52.4 Å². The smallest absolute Gasteiger partial charge is 0.223 e. The lowest BCUT2D eigenvalue weighted by Gasteiger charge is -2.22. The first-order valence-electron chi connectivity index (χ1n) is 7.95. The summed E-state index contributed by atoms with van der Waals surface area (Å²) >= 11 is 0. The second kappa shape index (κ2) is 9.73. The number of rotatable bonds is 8. The van der Waals surface area contributed by atoms with Gasteiger partial charge in [-0.15, -0.1) is 12.4 Å². The van der Waals surface area contributed by atoms with Crippen molar-refractivity contribution in [2.45, 2.75) is 63.7 Å². The van der Waals surface area contributed by atoms with E-state index in [0.717, 1.165) is 32.1 Å². The number of halogens is 1. The summed E-state index contributed by atoms with van der Waals surface area (Å²) in [4.78, 5) is 13.6. The van der Waals surface area contributed by atoms with Crippen molar-refractivity contribution < 1.29 is 13.2 Å². The third-order valence-corrected chi connectivity index (χ3v) is 6.75. The molecule has 0 radical (unpaired) electrons. The summed E-state index contributed by atoms with van der Waals surface area (Å²) < 4.78 is 24.2. The van der Waals surface area contributed by atoms with Crippen molar-refractivity contribution in [3.63, 3.8) is 0 Å².